The zero-order valence-corrected chi connectivity index (χ0v) is 23.5. The lowest BCUT2D eigenvalue weighted by atomic mass is 10.2. The number of carbonyl (C=O) groups excluding carboxylic acids is 1. The predicted octanol–water partition coefficient (Wildman–Crippen LogP) is 6.60. The van der Waals surface area contributed by atoms with Crippen LogP contribution in [0.2, 0.25) is 0 Å². The van der Waals surface area contributed by atoms with Crippen molar-refractivity contribution in [2.45, 2.75) is 64.5 Å². The van der Waals surface area contributed by atoms with E-state index in [4.69, 9.17) is 5.11 Å². The van der Waals surface area contributed by atoms with Crippen LogP contribution in [0.25, 0.3) is 0 Å². The van der Waals surface area contributed by atoms with Gasteiger partial charge < -0.3 is 26.0 Å². The van der Waals surface area contributed by atoms with E-state index < -0.39 is 18.2 Å². The minimum absolute atomic E-state index is 0.247. The number of aromatic hydroxyl groups is 1. The van der Waals surface area contributed by atoms with Crippen molar-refractivity contribution in [3.63, 3.8) is 0 Å². The molecule has 1 aromatic carbocycles. The molecule has 2 amide bonds. The summed E-state index contributed by atoms with van der Waals surface area (Å²) in [6.45, 7) is 2.78. The van der Waals surface area contributed by atoms with Crippen molar-refractivity contribution in [2.75, 3.05) is 18.4 Å². The van der Waals surface area contributed by atoms with Crippen molar-refractivity contribution in [1.82, 2.24) is 10.6 Å². The third kappa shape index (κ3) is 18.4. The highest BCUT2D eigenvalue weighted by molar-refractivity contribution is 5.95. The van der Waals surface area contributed by atoms with Crippen LogP contribution in [0, 0.1) is 0 Å². The molecule has 1 aromatic rings. The zero-order valence-electron chi connectivity index (χ0n) is 23.5. The summed E-state index contributed by atoms with van der Waals surface area (Å²) in [5.74, 6) is -1.66. The first-order valence-electron chi connectivity index (χ1n) is 13.9. The number of urea groups is 1. The molecule has 0 aliphatic carbocycles. The Hall–Kier alpha value is -3.88. The maximum atomic E-state index is 11.9. The fourth-order valence-electron chi connectivity index (χ4n) is 3.37. The second-order valence-electron chi connectivity index (χ2n) is 8.88. The first kappa shape index (κ1) is 34.1. The summed E-state index contributed by atoms with van der Waals surface area (Å²) in [5, 5.41) is 36.6. The summed E-state index contributed by atoms with van der Waals surface area (Å²) < 4.78 is 0. The number of aliphatic hydroxyl groups excluding tert-OH is 1. The monoisotopic (exact) mass is 551 g/mol. The van der Waals surface area contributed by atoms with E-state index in [0.717, 1.165) is 44.9 Å². The highest BCUT2D eigenvalue weighted by Gasteiger charge is 2.11. The predicted molar refractivity (Wildman–Crippen MR) is 164 cm³/mol. The van der Waals surface area contributed by atoms with Gasteiger partial charge in [-0.15, -0.1) is 0 Å². The number of aliphatic hydroxyl groups is 1. The van der Waals surface area contributed by atoms with Crippen LogP contribution in [0.1, 0.15) is 68.6 Å². The third-order valence-electron chi connectivity index (χ3n) is 5.48. The topological polar surface area (TPSA) is 131 Å². The Morgan fingerprint density at radius 2 is 1.32 bits per heavy atom. The molecule has 0 aromatic heterocycles. The van der Waals surface area contributed by atoms with E-state index in [2.05, 4.69) is 89.7 Å². The smallest absolute Gasteiger partial charge is 0.339 e. The number of amides is 2. The molecule has 1 rings (SSSR count). The van der Waals surface area contributed by atoms with Gasteiger partial charge in [0.1, 0.15) is 17.5 Å². The SMILES string of the molecule is CCC=CCC=CCC=CCC=CCC=CCC=CCCC(O)NCCNC(=O)Nc1ccc(O)c(C(=O)O)c1. The number of anilines is 1. The second kappa shape index (κ2) is 23.0. The molecule has 0 radical (unpaired) electrons. The van der Waals surface area contributed by atoms with Crippen LogP contribution >= 0.6 is 0 Å². The van der Waals surface area contributed by atoms with E-state index in [9.17, 15) is 19.8 Å². The lowest BCUT2D eigenvalue weighted by Crippen LogP contribution is -2.38. The van der Waals surface area contributed by atoms with Crippen molar-refractivity contribution >= 4 is 17.7 Å². The average Bonchev–Trinajstić information content (AvgIpc) is 2.93. The largest absolute Gasteiger partial charge is 0.507 e. The van der Waals surface area contributed by atoms with E-state index in [1.54, 1.807) is 0 Å². The van der Waals surface area contributed by atoms with Gasteiger partial charge >= 0.3 is 12.0 Å². The molecule has 218 valence electrons. The summed E-state index contributed by atoms with van der Waals surface area (Å²) in [7, 11) is 0. The Morgan fingerprint density at radius 1 is 0.800 bits per heavy atom. The molecule has 1 unspecified atom stereocenters. The Morgan fingerprint density at radius 3 is 1.85 bits per heavy atom. The number of rotatable bonds is 20. The molecule has 0 fully saturated rings. The number of hydrogen-bond acceptors (Lipinski definition) is 5. The van der Waals surface area contributed by atoms with Crippen LogP contribution in [0.4, 0.5) is 10.5 Å². The number of carboxylic acids is 1. The molecular weight excluding hydrogens is 506 g/mol. The molecule has 0 saturated carbocycles. The minimum atomic E-state index is -1.29. The van der Waals surface area contributed by atoms with Crippen molar-refractivity contribution in [2.24, 2.45) is 0 Å². The first-order chi connectivity index (χ1) is 19.4. The molecule has 0 spiro atoms. The van der Waals surface area contributed by atoms with Gasteiger partial charge in [0.25, 0.3) is 0 Å². The van der Waals surface area contributed by atoms with E-state index in [0.29, 0.717) is 13.0 Å². The molecular formula is C32H45N3O5. The van der Waals surface area contributed by atoms with Gasteiger partial charge in [-0.3, -0.25) is 5.32 Å². The molecule has 0 saturated heterocycles. The number of benzene rings is 1. The number of nitrogens with one attached hydrogen (secondary N) is 3. The molecule has 6 N–H and O–H groups in total. The van der Waals surface area contributed by atoms with Crippen molar-refractivity contribution in [1.29, 1.82) is 0 Å². The van der Waals surface area contributed by atoms with Crippen LogP contribution in [0.3, 0.4) is 0 Å². The number of carboxylic acid groups (broad SMARTS) is 1. The molecule has 0 aliphatic heterocycles. The number of allylic oxidation sites excluding steroid dienone is 12. The summed E-state index contributed by atoms with van der Waals surface area (Å²) in [4.78, 5) is 23.0. The van der Waals surface area contributed by atoms with E-state index in [-0.39, 0.29) is 23.5 Å². The first-order valence-corrected chi connectivity index (χ1v) is 13.9. The van der Waals surface area contributed by atoms with Crippen LogP contribution in [-0.4, -0.2) is 46.6 Å². The molecule has 1 atom stereocenters. The number of hydrogen-bond donors (Lipinski definition) is 6. The van der Waals surface area contributed by atoms with Gasteiger partial charge in [0, 0.05) is 18.8 Å². The van der Waals surface area contributed by atoms with Gasteiger partial charge in [-0.2, -0.15) is 0 Å². The van der Waals surface area contributed by atoms with E-state index in [1.165, 1.54) is 18.2 Å². The normalized spacial score (nSPS) is 13.1. The van der Waals surface area contributed by atoms with Crippen LogP contribution in [0.5, 0.6) is 5.75 Å². The fourth-order valence-corrected chi connectivity index (χ4v) is 3.37. The van der Waals surface area contributed by atoms with E-state index >= 15 is 0 Å². The Bertz CT molecular complexity index is 1040. The van der Waals surface area contributed by atoms with Gasteiger partial charge in [-0.25, -0.2) is 9.59 Å². The lowest BCUT2D eigenvalue weighted by molar-refractivity contribution is 0.0693. The highest BCUT2D eigenvalue weighted by atomic mass is 16.4. The molecule has 0 bridgehead atoms. The number of carbonyl (C=O) groups is 2. The molecule has 0 heterocycles. The quantitative estimate of drug-likeness (QED) is 0.0469. The molecule has 8 heteroatoms. The van der Waals surface area contributed by atoms with Gasteiger partial charge in [-0.05, 0) is 69.6 Å². The molecule has 0 aliphatic rings. The number of phenols is 1. The van der Waals surface area contributed by atoms with E-state index in [1.807, 2.05) is 6.08 Å². The zero-order chi connectivity index (χ0) is 29.3. The molecule has 40 heavy (non-hydrogen) atoms. The van der Waals surface area contributed by atoms with Crippen LogP contribution in [-0.2, 0) is 0 Å². The van der Waals surface area contributed by atoms with Gasteiger partial charge in [-0.1, -0.05) is 79.8 Å². The minimum Gasteiger partial charge on any atom is -0.507 e. The maximum absolute atomic E-state index is 11.9. The fraction of sp³-hybridized carbons (Fsp3) is 0.375. The van der Waals surface area contributed by atoms with Gasteiger partial charge in [0.05, 0.1) is 0 Å². The highest BCUT2D eigenvalue weighted by Crippen LogP contribution is 2.21. The standard InChI is InChI=1S/C32H45N3O5/c1-2-3-4-5-6-7-8-9-10-11-12-13-14-15-16-17-18-19-20-21-30(37)33-24-25-34-32(40)35-27-22-23-29(36)28(26-27)31(38)39/h3-4,6-7,9-10,12-13,15-16,18-19,22-23,26,30,33,36-37H,2,5,8,11,14,17,20-21,24-25H2,1H3,(H,38,39)(H2,34,35,40). The Labute approximate surface area is 238 Å². The van der Waals surface area contributed by atoms with Crippen molar-refractivity contribution < 1.29 is 24.9 Å². The molecule has 8 nitrogen and oxygen atoms in total. The van der Waals surface area contributed by atoms with Crippen LogP contribution < -0.4 is 16.0 Å². The average molecular weight is 552 g/mol. The summed E-state index contributed by atoms with van der Waals surface area (Å²) in [5.41, 5.74) is -0.0495. The van der Waals surface area contributed by atoms with Crippen LogP contribution in [0.15, 0.2) is 91.1 Å². The van der Waals surface area contributed by atoms with Crippen molar-refractivity contribution in [3.8, 4) is 5.75 Å². The number of aromatic carboxylic acids is 1. The van der Waals surface area contributed by atoms with Crippen molar-refractivity contribution in [3.05, 3.63) is 96.7 Å². The Balaban J connectivity index is 2.04. The summed E-state index contributed by atoms with van der Waals surface area (Å²) >= 11 is 0. The second-order valence-corrected chi connectivity index (χ2v) is 8.88. The maximum Gasteiger partial charge on any atom is 0.339 e. The summed E-state index contributed by atoms with van der Waals surface area (Å²) in [6.07, 6.45) is 32.3. The van der Waals surface area contributed by atoms with Gasteiger partial charge in [0.2, 0.25) is 0 Å². The summed E-state index contributed by atoms with van der Waals surface area (Å²) in [6, 6.07) is 3.26. The van der Waals surface area contributed by atoms with Gasteiger partial charge in [0.15, 0.2) is 0 Å². The lowest BCUT2D eigenvalue weighted by Gasteiger charge is -2.13. The Kier molecular flexibility index (Phi) is 19.7. The third-order valence-corrected chi connectivity index (χ3v) is 5.48.